The highest BCUT2D eigenvalue weighted by Gasteiger charge is 2.52. The van der Waals surface area contributed by atoms with E-state index in [4.69, 9.17) is 21.1 Å². The largest absolute Gasteiger partial charge is 0.487 e. The maximum absolute atomic E-state index is 12.8. The first kappa shape index (κ1) is 21.7. The molecule has 0 aliphatic carbocycles. The number of ether oxygens (including phenoxy) is 2. The Morgan fingerprint density at radius 2 is 2.09 bits per heavy atom. The average Bonchev–Trinajstić information content (AvgIpc) is 3.22. The molecule has 0 bridgehead atoms. The lowest BCUT2D eigenvalue weighted by Crippen LogP contribution is -2.54. The van der Waals surface area contributed by atoms with Crippen molar-refractivity contribution >= 4 is 17.5 Å². The number of amides is 1. The van der Waals surface area contributed by atoms with Gasteiger partial charge in [0.15, 0.2) is 0 Å². The molecule has 172 valence electrons. The van der Waals surface area contributed by atoms with Gasteiger partial charge in [-0.3, -0.25) is 4.79 Å². The summed E-state index contributed by atoms with van der Waals surface area (Å²) in [6, 6.07) is 5.76. The maximum Gasteiger partial charge on any atom is 0.242 e. The highest BCUT2D eigenvalue weighted by atomic mass is 35.5. The first-order chi connectivity index (χ1) is 15.3. The minimum atomic E-state index is -0.619. The summed E-state index contributed by atoms with van der Waals surface area (Å²) >= 11 is 6.26. The lowest BCUT2D eigenvalue weighted by Gasteiger charge is -2.54. The Kier molecular flexibility index (Phi) is 5.45. The second-order valence-electron chi connectivity index (χ2n) is 9.98. The predicted molar refractivity (Wildman–Crippen MR) is 118 cm³/mol. The van der Waals surface area contributed by atoms with Gasteiger partial charge < -0.3 is 18.9 Å². The van der Waals surface area contributed by atoms with Gasteiger partial charge in [-0.15, -0.1) is 0 Å². The van der Waals surface area contributed by atoms with E-state index in [0.29, 0.717) is 30.4 Å². The highest BCUT2D eigenvalue weighted by Crippen LogP contribution is 2.55. The SMILES string of the molecule is CC1(C)Oc2ccc(Cl)cc2C2OCC3(CCN(C(=O)Cn4cnc(CF)c4)CC3)CC21. The fraction of sp³-hybridized carbons (Fsp3) is 0.583. The molecule has 3 aliphatic heterocycles. The zero-order chi connectivity index (χ0) is 22.5. The van der Waals surface area contributed by atoms with Crippen LogP contribution in [0.2, 0.25) is 5.02 Å². The molecule has 1 amide bonds. The summed E-state index contributed by atoms with van der Waals surface area (Å²) in [6.45, 7) is 5.94. The Morgan fingerprint density at radius 1 is 1.31 bits per heavy atom. The molecule has 6 nitrogen and oxygen atoms in total. The van der Waals surface area contributed by atoms with Crippen molar-refractivity contribution in [2.75, 3.05) is 19.7 Å². The molecule has 2 saturated heterocycles. The van der Waals surface area contributed by atoms with E-state index in [1.165, 1.54) is 6.33 Å². The van der Waals surface area contributed by atoms with E-state index in [9.17, 15) is 9.18 Å². The van der Waals surface area contributed by atoms with E-state index in [0.717, 1.165) is 30.6 Å². The standard InChI is InChI=1S/C24H29ClFN3O3/c1-23(2)19-10-24(14-31-22(19)18-9-16(25)3-4-20(18)32-23)5-7-29(8-6-24)21(30)13-28-12-17(11-26)27-15-28/h3-4,9,12,15,19,22H,5-8,10-11,13-14H2,1-2H3. The zero-order valence-electron chi connectivity index (χ0n) is 18.5. The van der Waals surface area contributed by atoms with Crippen molar-refractivity contribution in [2.45, 2.75) is 58.0 Å². The molecular weight excluding hydrogens is 433 g/mol. The van der Waals surface area contributed by atoms with Gasteiger partial charge >= 0.3 is 0 Å². The minimum absolute atomic E-state index is 0.0244. The van der Waals surface area contributed by atoms with Crippen molar-refractivity contribution in [3.05, 3.63) is 47.0 Å². The van der Waals surface area contributed by atoms with Gasteiger partial charge in [0.1, 0.15) is 24.6 Å². The minimum Gasteiger partial charge on any atom is -0.487 e. The third kappa shape index (κ3) is 3.90. The molecule has 8 heteroatoms. The highest BCUT2D eigenvalue weighted by molar-refractivity contribution is 6.30. The summed E-state index contributed by atoms with van der Waals surface area (Å²) < 4.78 is 27.2. The first-order valence-electron chi connectivity index (χ1n) is 11.2. The number of rotatable bonds is 3. The van der Waals surface area contributed by atoms with Gasteiger partial charge in [-0.05, 0) is 56.7 Å². The number of alkyl halides is 1. The number of imidazole rings is 1. The van der Waals surface area contributed by atoms with Crippen molar-refractivity contribution in [1.29, 1.82) is 0 Å². The molecule has 0 radical (unpaired) electrons. The summed E-state index contributed by atoms with van der Waals surface area (Å²) in [7, 11) is 0. The molecule has 2 unspecified atom stereocenters. The number of hydrogen-bond donors (Lipinski definition) is 0. The van der Waals surface area contributed by atoms with Gasteiger partial charge in [-0.25, -0.2) is 9.37 Å². The summed E-state index contributed by atoms with van der Waals surface area (Å²) in [5, 5.41) is 0.693. The normalized spacial score (nSPS) is 25.7. The van der Waals surface area contributed by atoms with Crippen molar-refractivity contribution in [2.24, 2.45) is 11.3 Å². The molecule has 2 aromatic rings. The number of carbonyl (C=O) groups excluding carboxylic acids is 1. The van der Waals surface area contributed by atoms with E-state index in [2.05, 4.69) is 18.8 Å². The molecule has 0 N–H and O–H groups in total. The van der Waals surface area contributed by atoms with E-state index < -0.39 is 6.67 Å². The summed E-state index contributed by atoms with van der Waals surface area (Å²) in [4.78, 5) is 18.6. The fourth-order valence-corrected chi connectivity index (χ4v) is 5.70. The first-order valence-corrected chi connectivity index (χ1v) is 11.6. The second kappa shape index (κ2) is 8.03. The topological polar surface area (TPSA) is 56.6 Å². The van der Waals surface area contributed by atoms with Crippen LogP contribution in [0.15, 0.2) is 30.7 Å². The summed E-state index contributed by atoms with van der Waals surface area (Å²) in [5.74, 6) is 1.11. The Balaban J connectivity index is 1.26. The van der Waals surface area contributed by atoms with Crippen LogP contribution in [0.1, 0.15) is 50.5 Å². The lowest BCUT2D eigenvalue weighted by molar-refractivity contribution is -0.176. The Bertz CT molecular complexity index is 1020. The van der Waals surface area contributed by atoms with Gasteiger partial charge in [-0.2, -0.15) is 0 Å². The number of nitrogens with zero attached hydrogens (tertiary/aromatic N) is 3. The number of aromatic nitrogens is 2. The van der Waals surface area contributed by atoms with Crippen molar-refractivity contribution in [3.8, 4) is 5.75 Å². The van der Waals surface area contributed by atoms with Crippen LogP contribution in [0.3, 0.4) is 0 Å². The number of fused-ring (bicyclic) bond motifs is 3. The number of benzene rings is 1. The smallest absolute Gasteiger partial charge is 0.242 e. The number of likely N-dealkylation sites (tertiary alicyclic amines) is 1. The molecular formula is C24H29ClFN3O3. The van der Waals surface area contributed by atoms with Crippen LogP contribution >= 0.6 is 11.6 Å². The molecule has 2 fully saturated rings. The van der Waals surface area contributed by atoms with Gasteiger partial charge in [0.05, 0.1) is 24.7 Å². The van der Waals surface area contributed by atoms with Crippen molar-refractivity contribution in [3.63, 3.8) is 0 Å². The number of hydrogen-bond acceptors (Lipinski definition) is 4. The Hall–Kier alpha value is -2.12. The number of halogens is 2. The van der Waals surface area contributed by atoms with Gasteiger partial charge in [0, 0.05) is 35.8 Å². The Labute approximate surface area is 192 Å². The van der Waals surface area contributed by atoms with E-state index in [1.54, 1.807) is 10.8 Å². The lowest BCUT2D eigenvalue weighted by atomic mass is 9.64. The summed E-state index contributed by atoms with van der Waals surface area (Å²) in [6.07, 6.45) is 5.89. The number of carbonyl (C=O) groups is 1. The molecule has 3 aliphatic rings. The summed E-state index contributed by atoms with van der Waals surface area (Å²) in [5.41, 5.74) is 1.09. The van der Waals surface area contributed by atoms with Crippen molar-refractivity contribution < 1.29 is 18.7 Å². The van der Waals surface area contributed by atoms with Crippen LogP contribution in [0, 0.1) is 11.3 Å². The number of piperidine rings is 1. The fourth-order valence-electron chi connectivity index (χ4n) is 5.52. The molecule has 2 atom stereocenters. The zero-order valence-corrected chi connectivity index (χ0v) is 19.3. The average molecular weight is 462 g/mol. The van der Waals surface area contributed by atoms with Crippen LogP contribution in [-0.2, 0) is 22.8 Å². The van der Waals surface area contributed by atoms with Crippen LogP contribution in [0.4, 0.5) is 4.39 Å². The molecule has 4 heterocycles. The monoisotopic (exact) mass is 461 g/mol. The third-order valence-electron chi connectivity index (χ3n) is 7.45. The molecule has 0 saturated carbocycles. The Morgan fingerprint density at radius 3 is 2.81 bits per heavy atom. The molecule has 32 heavy (non-hydrogen) atoms. The van der Waals surface area contributed by atoms with Crippen LogP contribution in [0.25, 0.3) is 0 Å². The quantitative estimate of drug-likeness (QED) is 0.672. The molecule has 1 aromatic carbocycles. The van der Waals surface area contributed by atoms with E-state index in [-0.39, 0.29) is 35.5 Å². The molecule has 1 spiro atoms. The van der Waals surface area contributed by atoms with Gasteiger partial charge in [0.25, 0.3) is 0 Å². The predicted octanol–water partition coefficient (Wildman–Crippen LogP) is 4.56. The van der Waals surface area contributed by atoms with E-state index >= 15 is 0 Å². The molecule has 5 rings (SSSR count). The van der Waals surface area contributed by atoms with Crippen LogP contribution < -0.4 is 4.74 Å². The van der Waals surface area contributed by atoms with E-state index in [1.807, 2.05) is 23.1 Å². The van der Waals surface area contributed by atoms with Crippen LogP contribution in [0.5, 0.6) is 5.75 Å². The third-order valence-corrected chi connectivity index (χ3v) is 7.69. The second-order valence-corrected chi connectivity index (χ2v) is 10.4. The van der Waals surface area contributed by atoms with Crippen LogP contribution in [-0.4, -0.2) is 45.7 Å². The van der Waals surface area contributed by atoms with Gasteiger partial charge in [0.2, 0.25) is 5.91 Å². The van der Waals surface area contributed by atoms with Crippen molar-refractivity contribution in [1.82, 2.24) is 14.5 Å². The maximum atomic E-state index is 12.8. The molecule has 1 aromatic heterocycles. The van der Waals surface area contributed by atoms with Gasteiger partial charge in [-0.1, -0.05) is 11.6 Å².